The number of fused-ring (bicyclic) bond motifs is 1. The standard InChI is InChI=1S/C21H22N6O3/c1-14-10-27(13-22-14)19-7-6-16(9-15(19)12-28)23-17-5-4-8-26-11-18(24-20(17)26)21(29)25(2)30-3/h4-11,13,23,28H,12H2,1-3H3. The van der Waals surface area contributed by atoms with E-state index in [1.807, 2.05) is 54.2 Å². The molecule has 0 aliphatic heterocycles. The molecular weight excluding hydrogens is 384 g/mol. The van der Waals surface area contributed by atoms with Gasteiger partial charge in [0.1, 0.15) is 5.69 Å². The number of aromatic nitrogens is 4. The van der Waals surface area contributed by atoms with Crippen LogP contribution in [0.3, 0.4) is 0 Å². The molecule has 1 aromatic carbocycles. The summed E-state index contributed by atoms with van der Waals surface area (Å²) in [6.45, 7) is 1.80. The van der Waals surface area contributed by atoms with Gasteiger partial charge in [-0.2, -0.15) is 0 Å². The number of anilines is 2. The van der Waals surface area contributed by atoms with Crippen molar-refractivity contribution in [3.63, 3.8) is 0 Å². The van der Waals surface area contributed by atoms with Gasteiger partial charge in [0.05, 0.1) is 37.1 Å². The molecule has 0 atom stereocenters. The first-order valence-corrected chi connectivity index (χ1v) is 9.32. The van der Waals surface area contributed by atoms with E-state index in [-0.39, 0.29) is 18.2 Å². The van der Waals surface area contributed by atoms with E-state index in [4.69, 9.17) is 4.84 Å². The lowest BCUT2D eigenvalue weighted by molar-refractivity contribution is -0.0760. The normalized spacial score (nSPS) is 11.1. The van der Waals surface area contributed by atoms with Gasteiger partial charge < -0.3 is 19.4 Å². The molecule has 3 heterocycles. The predicted molar refractivity (Wildman–Crippen MR) is 112 cm³/mol. The molecule has 0 saturated heterocycles. The van der Waals surface area contributed by atoms with Crippen molar-refractivity contribution in [2.45, 2.75) is 13.5 Å². The molecule has 4 rings (SSSR count). The van der Waals surface area contributed by atoms with Crippen LogP contribution in [0, 0.1) is 6.92 Å². The van der Waals surface area contributed by atoms with Crippen molar-refractivity contribution in [2.24, 2.45) is 0 Å². The molecule has 1 amide bonds. The number of nitrogens with one attached hydrogen (secondary N) is 1. The van der Waals surface area contributed by atoms with E-state index in [1.165, 1.54) is 14.2 Å². The number of hydrogen-bond donors (Lipinski definition) is 2. The lowest BCUT2D eigenvalue weighted by Gasteiger charge is -2.13. The molecule has 30 heavy (non-hydrogen) atoms. The molecule has 2 N–H and O–H groups in total. The summed E-state index contributed by atoms with van der Waals surface area (Å²) in [7, 11) is 2.96. The number of nitrogens with zero attached hydrogens (tertiary/aromatic N) is 5. The zero-order chi connectivity index (χ0) is 21.3. The molecule has 4 aromatic rings. The average molecular weight is 406 g/mol. The second kappa shape index (κ2) is 7.97. The smallest absolute Gasteiger partial charge is 0.297 e. The molecule has 9 nitrogen and oxygen atoms in total. The fourth-order valence-corrected chi connectivity index (χ4v) is 3.21. The highest BCUT2D eigenvalue weighted by atomic mass is 16.7. The summed E-state index contributed by atoms with van der Waals surface area (Å²) in [4.78, 5) is 26.0. The number of hydroxylamine groups is 2. The van der Waals surface area contributed by atoms with Gasteiger partial charge in [-0.25, -0.2) is 15.0 Å². The first-order valence-electron chi connectivity index (χ1n) is 9.32. The second-order valence-electron chi connectivity index (χ2n) is 6.81. The van der Waals surface area contributed by atoms with Crippen LogP contribution < -0.4 is 5.32 Å². The molecular formula is C21H22N6O3. The van der Waals surface area contributed by atoms with E-state index in [0.717, 1.165) is 33.4 Å². The molecule has 3 aromatic heterocycles. The average Bonchev–Trinajstić information content (AvgIpc) is 3.39. The Morgan fingerprint density at radius 1 is 1.30 bits per heavy atom. The number of aliphatic hydroxyl groups excluding tert-OH is 1. The lowest BCUT2D eigenvalue weighted by Crippen LogP contribution is -2.25. The van der Waals surface area contributed by atoms with Crippen LogP contribution in [0.25, 0.3) is 11.3 Å². The van der Waals surface area contributed by atoms with Crippen molar-refractivity contribution >= 4 is 22.9 Å². The number of hydrogen-bond acceptors (Lipinski definition) is 6. The molecule has 0 fully saturated rings. The zero-order valence-electron chi connectivity index (χ0n) is 16.9. The Bertz CT molecular complexity index is 1210. The summed E-state index contributed by atoms with van der Waals surface area (Å²) in [5.74, 6) is -0.338. The minimum Gasteiger partial charge on any atom is -0.392 e. The van der Waals surface area contributed by atoms with E-state index in [1.54, 1.807) is 16.9 Å². The highest BCUT2D eigenvalue weighted by molar-refractivity contribution is 5.93. The van der Waals surface area contributed by atoms with Crippen LogP contribution in [-0.4, -0.2) is 49.2 Å². The van der Waals surface area contributed by atoms with Gasteiger partial charge in [-0.05, 0) is 37.3 Å². The predicted octanol–water partition coefficient (Wildman–Crippen LogP) is 2.70. The van der Waals surface area contributed by atoms with Crippen molar-refractivity contribution in [3.8, 4) is 5.69 Å². The number of aryl methyl sites for hydroxylation is 1. The third-order valence-corrected chi connectivity index (χ3v) is 4.78. The Morgan fingerprint density at radius 3 is 2.83 bits per heavy atom. The molecule has 0 radical (unpaired) electrons. The molecule has 0 aliphatic carbocycles. The van der Waals surface area contributed by atoms with E-state index in [2.05, 4.69) is 15.3 Å². The third-order valence-electron chi connectivity index (χ3n) is 4.78. The van der Waals surface area contributed by atoms with Gasteiger partial charge in [0.15, 0.2) is 5.65 Å². The number of amides is 1. The summed E-state index contributed by atoms with van der Waals surface area (Å²) in [5.41, 5.74) is 4.91. The third kappa shape index (κ3) is 3.63. The SMILES string of the molecule is CON(C)C(=O)c1cn2cccc(Nc3ccc(-n4cnc(C)c4)c(CO)c3)c2n1. The van der Waals surface area contributed by atoms with Gasteiger partial charge >= 0.3 is 0 Å². The van der Waals surface area contributed by atoms with Gasteiger partial charge in [-0.15, -0.1) is 0 Å². The maximum atomic E-state index is 12.3. The number of benzene rings is 1. The van der Waals surface area contributed by atoms with Crippen molar-refractivity contribution in [1.82, 2.24) is 24.0 Å². The molecule has 9 heteroatoms. The number of rotatable bonds is 6. The van der Waals surface area contributed by atoms with Crippen LogP contribution in [0.2, 0.25) is 0 Å². The van der Waals surface area contributed by atoms with Gasteiger partial charge in [0.25, 0.3) is 5.91 Å². The summed E-state index contributed by atoms with van der Waals surface area (Å²) in [6.07, 6.45) is 7.10. The molecule has 0 aliphatic rings. The van der Waals surface area contributed by atoms with E-state index < -0.39 is 0 Å². The van der Waals surface area contributed by atoms with Crippen LogP contribution >= 0.6 is 0 Å². The molecule has 0 spiro atoms. The van der Waals surface area contributed by atoms with Crippen LogP contribution in [-0.2, 0) is 11.4 Å². The Morgan fingerprint density at radius 2 is 2.13 bits per heavy atom. The highest BCUT2D eigenvalue weighted by Gasteiger charge is 2.17. The van der Waals surface area contributed by atoms with Crippen molar-refractivity contribution in [3.05, 3.63) is 72.2 Å². The van der Waals surface area contributed by atoms with Gasteiger partial charge in [-0.1, -0.05) is 0 Å². The van der Waals surface area contributed by atoms with E-state index in [9.17, 15) is 9.90 Å². The summed E-state index contributed by atoms with van der Waals surface area (Å²) in [6, 6.07) is 9.45. The minimum absolute atomic E-state index is 0.113. The monoisotopic (exact) mass is 406 g/mol. The molecule has 154 valence electrons. The van der Waals surface area contributed by atoms with Crippen molar-refractivity contribution < 1.29 is 14.7 Å². The largest absolute Gasteiger partial charge is 0.392 e. The second-order valence-corrected chi connectivity index (χ2v) is 6.81. The van der Waals surface area contributed by atoms with Crippen LogP contribution in [0.15, 0.2) is 55.2 Å². The number of carbonyl (C=O) groups excluding carboxylic acids is 1. The maximum Gasteiger partial charge on any atom is 0.297 e. The van der Waals surface area contributed by atoms with Crippen LogP contribution in [0.1, 0.15) is 21.7 Å². The maximum absolute atomic E-state index is 12.3. The number of imidazole rings is 2. The first kappa shape index (κ1) is 19.6. The topological polar surface area (TPSA) is 96.9 Å². The first-order chi connectivity index (χ1) is 14.5. The number of pyridine rings is 1. The zero-order valence-corrected chi connectivity index (χ0v) is 16.9. The van der Waals surface area contributed by atoms with Crippen LogP contribution in [0.5, 0.6) is 0 Å². The molecule has 0 saturated carbocycles. The number of aliphatic hydroxyl groups is 1. The van der Waals surface area contributed by atoms with Crippen molar-refractivity contribution in [2.75, 3.05) is 19.5 Å². The van der Waals surface area contributed by atoms with Gasteiger partial charge in [0, 0.05) is 36.9 Å². The van der Waals surface area contributed by atoms with Crippen LogP contribution in [0.4, 0.5) is 11.4 Å². The quantitative estimate of drug-likeness (QED) is 0.478. The number of carbonyl (C=O) groups is 1. The minimum atomic E-state index is -0.338. The van der Waals surface area contributed by atoms with Crippen molar-refractivity contribution in [1.29, 1.82) is 0 Å². The Balaban J connectivity index is 1.67. The van der Waals surface area contributed by atoms with Gasteiger partial charge in [0.2, 0.25) is 0 Å². The molecule has 0 unspecified atom stereocenters. The van der Waals surface area contributed by atoms with E-state index in [0.29, 0.717) is 5.65 Å². The summed E-state index contributed by atoms with van der Waals surface area (Å²) in [5, 5.41) is 14.3. The lowest BCUT2D eigenvalue weighted by atomic mass is 10.1. The van der Waals surface area contributed by atoms with Gasteiger partial charge in [-0.3, -0.25) is 9.63 Å². The summed E-state index contributed by atoms with van der Waals surface area (Å²) < 4.78 is 3.65. The Kier molecular flexibility index (Phi) is 5.21. The fourth-order valence-electron chi connectivity index (χ4n) is 3.21. The fraction of sp³-hybridized carbons (Fsp3) is 0.190. The van der Waals surface area contributed by atoms with E-state index >= 15 is 0 Å². The summed E-state index contributed by atoms with van der Waals surface area (Å²) >= 11 is 0. The molecule has 0 bridgehead atoms. The Hall–Kier alpha value is -3.69. The Labute approximate surface area is 173 Å². The highest BCUT2D eigenvalue weighted by Crippen LogP contribution is 2.25.